The maximum absolute atomic E-state index is 13.4. The van der Waals surface area contributed by atoms with Gasteiger partial charge in [0.05, 0.1) is 28.9 Å². The molecule has 1 amide bonds. The molecule has 4 rings (SSSR count). The van der Waals surface area contributed by atoms with Gasteiger partial charge in [0.1, 0.15) is 11.6 Å². The fourth-order valence-electron chi connectivity index (χ4n) is 4.08. The number of sulfonamides is 1. The Bertz CT molecular complexity index is 1310. The summed E-state index contributed by atoms with van der Waals surface area (Å²) in [6, 6.07) is 17.7. The topological polar surface area (TPSA) is 79.0 Å². The van der Waals surface area contributed by atoms with Gasteiger partial charge in [-0.2, -0.15) is 0 Å². The molecule has 0 radical (unpaired) electrons. The lowest BCUT2D eigenvalue weighted by atomic mass is 10.1. The summed E-state index contributed by atoms with van der Waals surface area (Å²) < 4.78 is 47.3. The van der Waals surface area contributed by atoms with Gasteiger partial charge in [-0.15, -0.1) is 0 Å². The number of hydrogen-bond acceptors (Lipinski definition) is 5. The molecule has 1 N–H and O–H groups in total. The highest BCUT2D eigenvalue weighted by Gasteiger charge is 2.26. The van der Waals surface area contributed by atoms with Gasteiger partial charge in [-0.25, -0.2) is 12.8 Å². The van der Waals surface area contributed by atoms with Gasteiger partial charge < -0.3 is 14.5 Å². The van der Waals surface area contributed by atoms with Crippen molar-refractivity contribution in [2.45, 2.75) is 11.8 Å². The average Bonchev–Trinajstić information content (AvgIpc) is 2.83. The standard InChI is InChI=1S/C25H26FN3O4S/c1-18-17-19(26)11-12-24(18)34(31,32)27-21-8-4-3-7-20(21)25(30)29-15-13-28(14-16-29)22-9-5-6-10-23(22)33-2/h3-12,17,27H,13-16H2,1-2H3. The van der Waals surface area contributed by atoms with Crippen LogP contribution >= 0.6 is 0 Å². The molecule has 0 spiro atoms. The van der Waals surface area contributed by atoms with Gasteiger partial charge in [0.2, 0.25) is 0 Å². The van der Waals surface area contributed by atoms with Gasteiger partial charge in [-0.05, 0) is 55.0 Å². The van der Waals surface area contributed by atoms with Gasteiger partial charge >= 0.3 is 0 Å². The minimum absolute atomic E-state index is 0.0402. The summed E-state index contributed by atoms with van der Waals surface area (Å²) in [6.45, 7) is 3.73. The van der Waals surface area contributed by atoms with Crippen molar-refractivity contribution in [2.75, 3.05) is 42.9 Å². The number of piperazine rings is 1. The lowest BCUT2D eigenvalue weighted by Gasteiger charge is -2.36. The van der Waals surface area contributed by atoms with E-state index >= 15 is 0 Å². The first-order chi connectivity index (χ1) is 16.3. The molecule has 0 unspecified atom stereocenters. The van der Waals surface area contributed by atoms with E-state index in [4.69, 9.17) is 4.74 Å². The maximum atomic E-state index is 13.4. The SMILES string of the molecule is COc1ccccc1N1CCN(C(=O)c2ccccc2NS(=O)(=O)c2ccc(F)cc2C)CC1. The number of anilines is 2. The van der Waals surface area contributed by atoms with Crippen molar-refractivity contribution in [1.82, 2.24) is 4.90 Å². The molecular weight excluding hydrogens is 457 g/mol. The Labute approximate surface area is 198 Å². The first-order valence-electron chi connectivity index (χ1n) is 10.9. The van der Waals surface area contributed by atoms with Crippen molar-refractivity contribution in [3.8, 4) is 5.75 Å². The van der Waals surface area contributed by atoms with Crippen LogP contribution in [0, 0.1) is 12.7 Å². The van der Waals surface area contributed by atoms with E-state index in [9.17, 15) is 17.6 Å². The zero-order chi connectivity index (χ0) is 24.3. The number of amides is 1. The van der Waals surface area contributed by atoms with Gasteiger partial charge in [-0.1, -0.05) is 24.3 Å². The summed E-state index contributed by atoms with van der Waals surface area (Å²) in [7, 11) is -2.38. The van der Waals surface area contributed by atoms with E-state index in [-0.39, 0.29) is 27.6 Å². The van der Waals surface area contributed by atoms with Crippen LogP contribution in [0.4, 0.5) is 15.8 Å². The smallest absolute Gasteiger partial charge is 0.262 e. The van der Waals surface area contributed by atoms with Crippen molar-refractivity contribution in [1.29, 1.82) is 0 Å². The summed E-state index contributed by atoms with van der Waals surface area (Å²) in [5, 5.41) is 0. The van der Waals surface area contributed by atoms with Crippen LogP contribution in [0.3, 0.4) is 0 Å². The van der Waals surface area contributed by atoms with Crippen LogP contribution in [-0.2, 0) is 10.0 Å². The second-order valence-corrected chi connectivity index (χ2v) is 9.66. The number of benzene rings is 3. The molecule has 0 atom stereocenters. The molecule has 0 saturated carbocycles. The zero-order valence-electron chi connectivity index (χ0n) is 19.0. The highest BCUT2D eigenvalue weighted by molar-refractivity contribution is 7.92. The van der Waals surface area contributed by atoms with Crippen molar-refractivity contribution in [3.05, 3.63) is 83.7 Å². The highest BCUT2D eigenvalue weighted by atomic mass is 32.2. The fraction of sp³-hybridized carbons (Fsp3) is 0.240. The molecule has 1 aliphatic rings. The molecular formula is C25H26FN3O4S. The number of aryl methyl sites for hydroxylation is 1. The number of ether oxygens (including phenoxy) is 1. The average molecular weight is 484 g/mol. The molecule has 0 aliphatic carbocycles. The molecule has 1 saturated heterocycles. The quantitative estimate of drug-likeness (QED) is 0.575. The first kappa shape index (κ1) is 23.6. The molecule has 0 bridgehead atoms. The Hall–Kier alpha value is -3.59. The normalized spacial score (nSPS) is 14.1. The van der Waals surface area contributed by atoms with Crippen LogP contribution in [0.25, 0.3) is 0 Å². The minimum atomic E-state index is -4.01. The van der Waals surface area contributed by atoms with Gasteiger partial charge in [0, 0.05) is 26.2 Å². The van der Waals surface area contributed by atoms with Crippen LogP contribution in [-0.4, -0.2) is 52.5 Å². The van der Waals surface area contributed by atoms with Crippen molar-refractivity contribution in [3.63, 3.8) is 0 Å². The van der Waals surface area contributed by atoms with Crippen LogP contribution in [0.15, 0.2) is 71.6 Å². The summed E-state index contributed by atoms with van der Waals surface area (Å²) in [6.07, 6.45) is 0. The van der Waals surface area contributed by atoms with E-state index in [1.807, 2.05) is 24.3 Å². The highest BCUT2D eigenvalue weighted by Crippen LogP contribution is 2.29. The van der Waals surface area contributed by atoms with Gasteiger partial charge in [-0.3, -0.25) is 9.52 Å². The van der Waals surface area contributed by atoms with E-state index in [0.717, 1.165) is 23.6 Å². The van der Waals surface area contributed by atoms with E-state index < -0.39 is 15.8 Å². The van der Waals surface area contributed by atoms with Crippen LogP contribution < -0.4 is 14.4 Å². The molecule has 1 heterocycles. The van der Waals surface area contributed by atoms with Gasteiger partial charge in [0.25, 0.3) is 15.9 Å². The lowest BCUT2D eigenvalue weighted by molar-refractivity contribution is 0.0747. The van der Waals surface area contributed by atoms with E-state index in [2.05, 4.69) is 9.62 Å². The Kier molecular flexibility index (Phi) is 6.74. The predicted octanol–water partition coefficient (Wildman–Crippen LogP) is 3.91. The van der Waals surface area contributed by atoms with Crippen LogP contribution in [0.5, 0.6) is 5.75 Å². The second kappa shape index (κ2) is 9.72. The third-order valence-corrected chi connectivity index (χ3v) is 7.35. The summed E-state index contributed by atoms with van der Waals surface area (Å²) in [5.41, 5.74) is 1.70. The zero-order valence-corrected chi connectivity index (χ0v) is 19.8. The fourth-order valence-corrected chi connectivity index (χ4v) is 5.39. The molecule has 3 aromatic carbocycles. The molecule has 34 heavy (non-hydrogen) atoms. The number of rotatable bonds is 6. The number of para-hydroxylation sites is 3. The van der Waals surface area contributed by atoms with Crippen LogP contribution in [0.2, 0.25) is 0 Å². The third kappa shape index (κ3) is 4.84. The Morgan fingerprint density at radius 3 is 2.35 bits per heavy atom. The lowest BCUT2D eigenvalue weighted by Crippen LogP contribution is -2.49. The number of methoxy groups -OCH3 is 1. The summed E-state index contributed by atoms with van der Waals surface area (Å²) in [5.74, 6) is 0.00575. The Morgan fingerprint density at radius 1 is 0.971 bits per heavy atom. The van der Waals surface area contributed by atoms with Crippen molar-refractivity contribution >= 4 is 27.3 Å². The van der Waals surface area contributed by atoms with E-state index in [0.29, 0.717) is 26.2 Å². The number of carbonyl (C=O) groups is 1. The Morgan fingerprint density at radius 2 is 1.65 bits per heavy atom. The first-order valence-corrected chi connectivity index (χ1v) is 12.3. The van der Waals surface area contributed by atoms with E-state index in [1.165, 1.54) is 13.0 Å². The molecule has 1 fully saturated rings. The molecule has 3 aromatic rings. The molecule has 1 aliphatic heterocycles. The Balaban J connectivity index is 1.51. The molecule has 178 valence electrons. The maximum Gasteiger partial charge on any atom is 0.262 e. The number of halogens is 1. The summed E-state index contributed by atoms with van der Waals surface area (Å²) in [4.78, 5) is 17.2. The number of hydrogen-bond donors (Lipinski definition) is 1. The minimum Gasteiger partial charge on any atom is -0.495 e. The number of nitrogens with zero attached hydrogens (tertiary/aromatic N) is 2. The molecule has 9 heteroatoms. The number of carbonyl (C=O) groups excluding carboxylic acids is 1. The van der Waals surface area contributed by atoms with Gasteiger partial charge in [0.15, 0.2) is 0 Å². The monoisotopic (exact) mass is 483 g/mol. The second-order valence-electron chi connectivity index (χ2n) is 8.01. The predicted molar refractivity (Wildman–Crippen MR) is 129 cm³/mol. The third-order valence-electron chi connectivity index (χ3n) is 5.82. The largest absolute Gasteiger partial charge is 0.495 e. The molecule has 0 aromatic heterocycles. The molecule has 7 nitrogen and oxygen atoms in total. The number of nitrogens with one attached hydrogen (secondary N) is 1. The van der Waals surface area contributed by atoms with Crippen molar-refractivity contribution in [2.24, 2.45) is 0 Å². The van der Waals surface area contributed by atoms with E-state index in [1.54, 1.807) is 36.3 Å². The van der Waals surface area contributed by atoms with Crippen molar-refractivity contribution < 1.29 is 22.3 Å². The van der Waals surface area contributed by atoms with Crippen LogP contribution in [0.1, 0.15) is 15.9 Å². The summed E-state index contributed by atoms with van der Waals surface area (Å²) >= 11 is 0.